The summed E-state index contributed by atoms with van der Waals surface area (Å²) in [4.78, 5) is 4.66. The summed E-state index contributed by atoms with van der Waals surface area (Å²) in [6, 6.07) is 5.84. The monoisotopic (exact) mass is 324 g/mol. The molecule has 0 spiro atoms. The third-order valence-electron chi connectivity index (χ3n) is 3.69. The number of nitrogens with zero attached hydrogens (tertiary/aromatic N) is 2. The molecule has 1 aliphatic rings. The van der Waals surface area contributed by atoms with E-state index >= 15 is 0 Å². The first-order valence-electron chi connectivity index (χ1n) is 6.51. The topological polar surface area (TPSA) is 56.4 Å². The van der Waals surface area contributed by atoms with Gasteiger partial charge in [0.15, 0.2) is 0 Å². The van der Waals surface area contributed by atoms with Gasteiger partial charge in [-0.05, 0) is 60.1 Å². The number of likely N-dealkylation sites (tertiary alicyclic amines) is 1. The summed E-state index contributed by atoms with van der Waals surface area (Å²) in [6.45, 7) is 3.43. The second kappa shape index (κ2) is 5.92. The lowest BCUT2D eigenvalue weighted by molar-refractivity contribution is 0.396. The zero-order chi connectivity index (χ0) is 14.0. The normalized spacial score (nSPS) is 19.6. The van der Waals surface area contributed by atoms with Crippen molar-refractivity contribution in [2.45, 2.75) is 6.42 Å². The van der Waals surface area contributed by atoms with E-state index in [4.69, 9.17) is 11.1 Å². The van der Waals surface area contributed by atoms with Crippen LogP contribution < -0.4 is 10.6 Å². The van der Waals surface area contributed by atoms with Crippen LogP contribution in [0.2, 0.25) is 0 Å². The maximum Gasteiger partial charge on any atom is 0.122 e. The minimum Gasteiger partial charge on any atom is -0.384 e. The van der Waals surface area contributed by atoms with Crippen LogP contribution >= 0.6 is 15.9 Å². The SMILES string of the molecule is CN1CCC(CN(C)c2ccc(C(=N)N)cc2Br)C1. The number of nitrogen functional groups attached to an aromatic ring is 1. The van der Waals surface area contributed by atoms with E-state index in [-0.39, 0.29) is 5.84 Å². The van der Waals surface area contributed by atoms with Crippen molar-refractivity contribution in [2.24, 2.45) is 11.7 Å². The molecular formula is C14H21BrN4. The van der Waals surface area contributed by atoms with Crippen LogP contribution in [0.5, 0.6) is 0 Å². The molecule has 0 aliphatic carbocycles. The molecule has 1 atom stereocenters. The van der Waals surface area contributed by atoms with Crippen LogP contribution in [0.3, 0.4) is 0 Å². The van der Waals surface area contributed by atoms with E-state index in [1.807, 2.05) is 18.2 Å². The molecule has 3 N–H and O–H groups in total. The smallest absolute Gasteiger partial charge is 0.122 e. The van der Waals surface area contributed by atoms with Crippen LogP contribution in [0.4, 0.5) is 5.69 Å². The van der Waals surface area contributed by atoms with Crippen molar-refractivity contribution in [2.75, 3.05) is 38.6 Å². The van der Waals surface area contributed by atoms with Gasteiger partial charge in [0.25, 0.3) is 0 Å². The van der Waals surface area contributed by atoms with Crippen LogP contribution in [0, 0.1) is 11.3 Å². The Labute approximate surface area is 123 Å². The highest BCUT2D eigenvalue weighted by Crippen LogP contribution is 2.28. The number of nitrogens with two attached hydrogens (primary N) is 1. The van der Waals surface area contributed by atoms with Gasteiger partial charge in [-0.1, -0.05) is 0 Å². The fraction of sp³-hybridized carbons (Fsp3) is 0.500. The predicted octanol–water partition coefficient (Wildman–Crippen LogP) is 2.12. The number of benzene rings is 1. The third kappa shape index (κ3) is 3.48. The maximum atomic E-state index is 7.45. The molecule has 19 heavy (non-hydrogen) atoms. The molecule has 0 amide bonds. The molecule has 1 fully saturated rings. The van der Waals surface area contributed by atoms with Crippen molar-refractivity contribution in [3.05, 3.63) is 28.2 Å². The van der Waals surface area contributed by atoms with Crippen molar-refractivity contribution < 1.29 is 0 Å². The Kier molecular flexibility index (Phi) is 4.47. The van der Waals surface area contributed by atoms with Crippen molar-refractivity contribution in [3.8, 4) is 0 Å². The van der Waals surface area contributed by atoms with Gasteiger partial charge in [0.1, 0.15) is 5.84 Å². The minimum absolute atomic E-state index is 0.104. The Morgan fingerprint density at radius 2 is 2.32 bits per heavy atom. The fourth-order valence-electron chi connectivity index (χ4n) is 2.64. The predicted molar refractivity (Wildman–Crippen MR) is 84.0 cm³/mol. The number of hydrogen-bond donors (Lipinski definition) is 2. The number of hydrogen-bond acceptors (Lipinski definition) is 3. The van der Waals surface area contributed by atoms with Gasteiger partial charge in [-0.2, -0.15) is 0 Å². The molecule has 0 saturated carbocycles. The number of nitrogens with one attached hydrogen (secondary N) is 1. The van der Waals surface area contributed by atoms with Gasteiger partial charge in [0, 0.05) is 30.2 Å². The maximum absolute atomic E-state index is 7.45. The highest BCUT2D eigenvalue weighted by Gasteiger charge is 2.21. The van der Waals surface area contributed by atoms with E-state index in [9.17, 15) is 0 Å². The summed E-state index contributed by atoms with van der Waals surface area (Å²) in [5, 5.41) is 7.45. The number of amidine groups is 1. The van der Waals surface area contributed by atoms with E-state index in [2.05, 4.69) is 39.8 Å². The molecule has 0 aromatic heterocycles. The number of anilines is 1. The van der Waals surface area contributed by atoms with Crippen molar-refractivity contribution in [1.29, 1.82) is 5.41 Å². The van der Waals surface area contributed by atoms with E-state index in [0.29, 0.717) is 0 Å². The van der Waals surface area contributed by atoms with Gasteiger partial charge >= 0.3 is 0 Å². The highest BCUT2D eigenvalue weighted by atomic mass is 79.9. The van der Waals surface area contributed by atoms with E-state index in [0.717, 1.165) is 28.2 Å². The van der Waals surface area contributed by atoms with Crippen LogP contribution in [0.15, 0.2) is 22.7 Å². The summed E-state index contributed by atoms with van der Waals surface area (Å²) < 4.78 is 0.994. The zero-order valence-corrected chi connectivity index (χ0v) is 13.1. The molecule has 1 heterocycles. The van der Waals surface area contributed by atoms with Crippen molar-refractivity contribution >= 4 is 27.5 Å². The largest absolute Gasteiger partial charge is 0.384 e. The van der Waals surface area contributed by atoms with Gasteiger partial charge in [0.05, 0.1) is 5.69 Å². The average Bonchev–Trinajstić information content (AvgIpc) is 2.74. The lowest BCUT2D eigenvalue weighted by Crippen LogP contribution is -2.27. The van der Waals surface area contributed by atoms with E-state index < -0.39 is 0 Å². The molecule has 0 radical (unpaired) electrons. The molecule has 1 aromatic carbocycles. The molecule has 104 valence electrons. The van der Waals surface area contributed by atoms with Gasteiger partial charge in [-0.3, -0.25) is 5.41 Å². The summed E-state index contributed by atoms with van der Waals surface area (Å²) in [5.41, 5.74) is 7.41. The van der Waals surface area contributed by atoms with E-state index in [1.54, 1.807) is 0 Å². The van der Waals surface area contributed by atoms with Crippen LogP contribution in [-0.2, 0) is 0 Å². The van der Waals surface area contributed by atoms with Gasteiger partial charge in [-0.15, -0.1) is 0 Å². The third-order valence-corrected chi connectivity index (χ3v) is 4.33. The second-order valence-electron chi connectivity index (χ2n) is 5.38. The van der Waals surface area contributed by atoms with E-state index in [1.165, 1.54) is 19.5 Å². The lowest BCUT2D eigenvalue weighted by atomic mass is 10.1. The zero-order valence-electron chi connectivity index (χ0n) is 11.5. The molecule has 5 heteroatoms. The summed E-state index contributed by atoms with van der Waals surface area (Å²) >= 11 is 3.57. The van der Waals surface area contributed by atoms with Gasteiger partial charge in [-0.25, -0.2) is 0 Å². The summed E-state index contributed by atoms with van der Waals surface area (Å²) in [5.74, 6) is 0.835. The minimum atomic E-state index is 0.104. The molecule has 0 bridgehead atoms. The lowest BCUT2D eigenvalue weighted by Gasteiger charge is -2.24. The Bertz CT molecular complexity index is 475. The highest BCUT2D eigenvalue weighted by molar-refractivity contribution is 9.10. The molecule has 1 aliphatic heterocycles. The van der Waals surface area contributed by atoms with Crippen LogP contribution in [0.1, 0.15) is 12.0 Å². The standard InChI is InChI=1S/C14H21BrN4/c1-18-6-5-10(8-18)9-19(2)13-4-3-11(14(16)17)7-12(13)15/h3-4,7,10H,5-6,8-9H2,1-2H3,(H3,16,17). The molecule has 1 unspecified atom stereocenters. The Morgan fingerprint density at radius 1 is 1.58 bits per heavy atom. The van der Waals surface area contributed by atoms with Crippen LogP contribution in [0.25, 0.3) is 0 Å². The molecule has 1 aromatic rings. The summed E-state index contributed by atoms with van der Waals surface area (Å²) in [6.07, 6.45) is 1.27. The molecule has 1 saturated heterocycles. The van der Waals surface area contributed by atoms with Crippen molar-refractivity contribution in [1.82, 2.24) is 4.90 Å². The van der Waals surface area contributed by atoms with Crippen LogP contribution in [-0.4, -0.2) is 44.5 Å². The number of halogens is 1. The Hall–Kier alpha value is -1.07. The Balaban J connectivity index is 2.06. The van der Waals surface area contributed by atoms with Gasteiger partial charge < -0.3 is 15.5 Å². The van der Waals surface area contributed by atoms with Gasteiger partial charge in [0.2, 0.25) is 0 Å². The first kappa shape index (κ1) is 14.3. The first-order valence-corrected chi connectivity index (χ1v) is 7.30. The molecule has 2 rings (SSSR count). The first-order chi connectivity index (χ1) is 8.97. The Morgan fingerprint density at radius 3 is 2.84 bits per heavy atom. The summed E-state index contributed by atoms with van der Waals surface area (Å²) in [7, 11) is 4.30. The quantitative estimate of drug-likeness (QED) is 0.659. The molecule has 4 nitrogen and oxygen atoms in total. The van der Waals surface area contributed by atoms with Crippen molar-refractivity contribution in [3.63, 3.8) is 0 Å². The second-order valence-corrected chi connectivity index (χ2v) is 6.23. The average molecular weight is 325 g/mol. The fourth-order valence-corrected chi connectivity index (χ4v) is 3.33. The molecular weight excluding hydrogens is 304 g/mol. The number of rotatable bonds is 4.